The van der Waals surface area contributed by atoms with Crippen LogP contribution >= 0.6 is 0 Å². The number of aliphatic hydroxyl groups excluding tert-OH is 3. The number of rotatable bonds is 4. The number of ether oxygens (including phenoxy) is 3. The summed E-state index contributed by atoms with van der Waals surface area (Å²) in [7, 11) is 0. The van der Waals surface area contributed by atoms with Gasteiger partial charge in [-0.15, -0.1) is 0 Å². The van der Waals surface area contributed by atoms with E-state index < -0.39 is 94.8 Å². The standard InChI is InChI=1S/C29H36O11/c1-14-17-12-28(40-24(35)16-9-7-6-8-10-16)23(34)21-26(5,29(37,39-17)22(33)20(14)25(28,3)4)18(31)11-19(32)27(21,36)13-38-15(2)30/h6-10,17-22,31-33,36-37H,1,11-13H2,2-5H3/t17-,18-,19-,20+,21-,22-,26+,27-,28+,29-/m0/s1. The van der Waals surface area contributed by atoms with Crippen LogP contribution in [0.3, 0.4) is 0 Å². The molecule has 0 aromatic heterocycles. The highest BCUT2D eigenvalue weighted by molar-refractivity contribution is 5.98. The maximum Gasteiger partial charge on any atom is 0.339 e. The van der Waals surface area contributed by atoms with Crippen LogP contribution in [0.25, 0.3) is 0 Å². The molecule has 11 nitrogen and oxygen atoms in total. The van der Waals surface area contributed by atoms with Crippen LogP contribution in [0.4, 0.5) is 0 Å². The summed E-state index contributed by atoms with van der Waals surface area (Å²) < 4.78 is 17.3. The Bertz CT molecular complexity index is 1260. The minimum absolute atomic E-state index is 0.136. The number of ketones is 1. The Kier molecular flexibility index (Phi) is 6.43. The molecule has 10 atom stereocenters. The summed E-state index contributed by atoms with van der Waals surface area (Å²) in [4.78, 5) is 40.4. The summed E-state index contributed by atoms with van der Waals surface area (Å²) in [6.07, 6.45) is -7.23. The van der Waals surface area contributed by atoms with Crippen LogP contribution < -0.4 is 0 Å². The molecule has 6 rings (SSSR count). The van der Waals surface area contributed by atoms with Crippen molar-refractivity contribution < 1.29 is 54.1 Å². The molecule has 0 unspecified atom stereocenters. The van der Waals surface area contributed by atoms with Gasteiger partial charge in [-0.25, -0.2) is 4.79 Å². The zero-order valence-electron chi connectivity index (χ0n) is 22.9. The fourth-order valence-corrected chi connectivity index (χ4v) is 7.82. The monoisotopic (exact) mass is 560 g/mol. The third-order valence-corrected chi connectivity index (χ3v) is 10.2. The quantitative estimate of drug-likeness (QED) is 0.252. The largest absolute Gasteiger partial charge is 0.463 e. The van der Waals surface area contributed by atoms with Gasteiger partial charge in [-0.05, 0) is 17.7 Å². The van der Waals surface area contributed by atoms with Gasteiger partial charge in [0.1, 0.15) is 18.3 Å². The fourth-order valence-electron chi connectivity index (χ4n) is 7.82. The molecule has 3 aliphatic carbocycles. The molecule has 2 saturated heterocycles. The van der Waals surface area contributed by atoms with E-state index in [9.17, 15) is 35.1 Å². The molecule has 1 aromatic carbocycles. The molecular weight excluding hydrogens is 524 g/mol. The number of aliphatic hydroxyl groups is 5. The zero-order chi connectivity index (χ0) is 29.6. The highest BCUT2D eigenvalue weighted by atomic mass is 16.7. The Labute approximate surface area is 231 Å². The maximum atomic E-state index is 15.0. The summed E-state index contributed by atoms with van der Waals surface area (Å²) in [6, 6.07) is 7.94. The summed E-state index contributed by atoms with van der Waals surface area (Å²) in [5.74, 6) is -8.19. The summed E-state index contributed by atoms with van der Waals surface area (Å²) in [5, 5.41) is 58.5. The van der Waals surface area contributed by atoms with Crippen LogP contribution in [0.15, 0.2) is 42.5 Å². The Morgan fingerprint density at radius 2 is 1.70 bits per heavy atom. The second-order valence-corrected chi connectivity index (χ2v) is 12.4. The number of benzene rings is 1. The lowest BCUT2D eigenvalue weighted by Crippen LogP contribution is -2.85. The van der Waals surface area contributed by atoms with Gasteiger partial charge in [-0.3, -0.25) is 9.59 Å². The lowest BCUT2D eigenvalue weighted by molar-refractivity contribution is -0.416. The van der Waals surface area contributed by atoms with Crippen molar-refractivity contribution in [3.63, 3.8) is 0 Å². The van der Waals surface area contributed by atoms with Crippen molar-refractivity contribution >= 4 is 17.7 Å². The number of hydrogen-bond donors (Lipinski definition) is 5. The Balaban J connectivity index is 1.79. The second-order valence-electron chi connectivity index (χ2n) is 12.4. The first-order valence-electron chi connectivity index (χ1n) is 13.3. The van der Waals surface area contributed by atoms with Crippen LogP contribution in [0.5, 0.6) is 0 Å². The van der Waals surface area contributed by atoms with E-state index in [2.05, 4.69) is 6.58 Å². The summed E-state index contributed by atoms with van der Waals surface area (Å²) in [5.41, 5.74) is -7.76. The molecule has 0 radical (unpaired) electrons. The molecule has 2 aliphatic heterocycles. The van der Waals surface area contributed by atoms with Gasteiger partial charge in [-0.1, -0.05) is 45.5 Å². The topological polar surface area (TPSA) is 180 Å². The van der Waals surface area contributed by atoms with Gasteiger partial charge in [0.25, 0.3) is 0 Å². The molecule has 5 fully saturated rings. The maximum absolute atomic E-state index is 15.0. The molecule has 40 heavy (non-hydrogen) atoms. The van der Waals surface area contributed by atoms with Gasteiger partial charge in [0.15, 0.2) is 11.4 Å². The molecule has 11 heteroatoms. The van der Waals surface area contributed by atoms with Crippen molar-refractivity contribution in [2.75, 3.05) is 6.61 Å². The molecule has 4 bridgehead atoms. The average Bonchev–Trinajstić information content (AvgIpc) is 2.88. The number of esters is 2. The molecule has 0 spiro atoms. The molecule has 218 valence electrons. The van der Waals surface area contributed by atoms with Crippen LogP contribution in [-0.2, 0) is 23.8 Å². The van der Waals surface area contributed by atoms with Crippen molar-refractivity contribution in [3.05, 3.63) is 48.0 Å². The van der Waals surface area contributed by atoms with E-state index in [1.54, 1.807) is 32.0 Å². The molecule has 3 saturated carbocycles. The lowest BCUT2D eigenvalue weighted by atomic mass is 9.41. The Morgan fingerprint density at radius 1 is 1.07 bits per heavy atom. The van der Waals surface area contributed by atoms with Crippen LogP contribution in [0.1, 0.15) is 50.9 Å². The first-order chi connectivity index (χ1) is 18.5. The number of hydrogen-bond acceptors (Lipinski definition) is 11. The smallest absolute Gasteiger partial charge is 0.339 e. The molecule has 2 heterocycles. The third-order valence-electron chi connectivity index (χ3n) is 10.2. The van der Waals surface area contributed by atoms with E-state index in [-0.39, 0.29) is 12.0 Å². The highest BCUT2D eigenvalue weighted by Crippen LogP contribution is 2.68. The van der Waals surface area contributed by atoms with Crippen molar-refractivity contribution in [3.8, 4) is 0 Å². The summed E-state index contributed by atoms with van der Waals surface area (Å²) >= 11 is 0. The van der Waals surface area contributed by atoms with E-state index in [0.717, 1.165) is 6.92 Å². The van der Waals surface area contributed by atoms with Gasteiger partial charge in [-0.2, -0.15) is 0 Å². The first-order valence-corrected chi connectivity index (χ1v) is 13.3. The number of carbonyl (C=O) groups excluding carboxylic acids is 3. The van der Waals surface area contributed by atoms with Gasteiger partial charge < -0.3 is 39.7 Å². The molecule has 5 N–H and O–H groups in total. The predicted octanol–water partition coefficient (Wildman–Crippen LogP) is 0.258. The SMILES string of the molecule is C=C1[C@@H]2C[C@@]3(OC(=O)c4ccccc4)C(=O)[C@@H]4[C@](O)(COC(C)=O)[C@@H](O)C[C@H](O)[C@@]4(C)[C@@](O)(O2)[C@@H](O)[C@@H]1C3(C)C. The highest BCUT2D eigenvalue weighted by Gasteiger charge is 2.82. The van der Waals surface area contributed by atoms with Gasteiger partial charge in [0.05, 0.1) is 35.2 Å². The molecule has 1 aromatic rings. The van der Waals surface area contributed by atoms with Gasteiger partial charge in [0, 0.05) is 31.1 Å². The Morgan fingerprint density at radius 3 is 2.30 bits per heavy atom. The molecule has 5 aliphatic rings. The van der Waals surface area contributed by atoms with E-state index in [1.807, 2.05) is 0 Å². The first kappa shape index (κ1) is 28.8. The molecular formula is C29H36O11. The Hall–Kier alpha value is -2.67. The third kappa shape index (κ3) is 3.42. The van der Waals surface area contributed by atoms with Gasteiger partial charge >= 0.3 is 11.9 Å². The lowest BCUT2D eigenvalue weighted by Gasteiger charge is -2.70. The van der Waals surface area contributed by atoms with E-state index in [0.29, 0.717) is 5.57 Å². The fraction of sp³-hybridized carbons (Fsp3) is 0.621. The predicted molar refractivity (Wildman–Crippen MR) is 136 cm³/mol. The normalized spacial score (nSPS) is 45.3. The summed E-state index contributed by atoms with van der Waals surface area (Å²) in [6.45, 7) is 8.72. The van der Waals surface area contributed by atoms with Crippen molar-refractivity contribution in [1.82, 2.24) is 0 Å². The average molecular weight is 561 g/mol. The van der Waals surface area contributed by atoms with Crippen LogP contribution in [-0.4, -0.2) is 91.3 Å². The molecule has 0 amide bonds. The minimum atomic E-state index is -2.62. The number of carbonyl (C=O) groups is 3. The van der Waals surface area contributed by atoms with Crippen LogP contribution in [0.2, 0.25) is 0 Å². The van der Waals surface area contributed by atoms with E-state index in [4.69, 9.17) is 14.2 Å². The van der Waals surface area contributed by atoms with E-state index >= 15 is 4.79 Å². The van der Waals surface area contributed by atoms with Crippen molar-refractivity contribution in [2.45, 2.75) is 81.9 Å². The number of Topliss-reactive ketones (excluding diaryl/α,β-unsaturated/α-hetero) is 1. The van der Waals surface area contributed by atoms with Gasteiger partial charge in [0.2, 0.25) is 5.79 Å². The van der Waals surface area contributed by atoms with Crippen molar-refractivity contribution in [2.24, 2.45) is 22.7 Å². The van der Waals surface area contributed by atoms with Crippen molar-refractivity contribution in [1.29, 1.82) is 0 Å². The minimum Gasteiger partial charge on any atom is -0.463 e. The van der Waals surface area contributed by atoms with E-state index in [1.165, 1.54) is 19.1 Å². The van der Waals surface area contributed by atoms with Crippen LogP contribution in [0, 0.1) is 22.7 Å². The zero-order valence-corrected chi connectivity index (χ0v) is 22.9. The second kappa shape index (κ2) is 8.91.